The second-order valence-corrected chi connectivity index (χ2v) is 3.63. The first-order valence-corrected chi connectivity index (χ1v) is 4.50. The van der Waals surface area contributed by atoms with Crippen molar-refractivity contribution in [2.75, 3.05) is 0 Å². The molecule has 0 aliphatic carbocycles. The van der Waals surface area contributed by atoms with E-state index in [0.29, 0.717) is 0 Å². The van der Waals surface area contributed by atoms with Gasteiger partial charge in [0.1, 0.15) is 0 Å². The third kappa shape index (κ3) is 2.81. The van der Waals surface area contributed by atoms with Gasteiger partial charge >= 0.3 is 0 Å². The van der Waals surface area contributed by atoms with Gasteiger partial charge in [-0.15, -0.1) is 0 Å². The van der Waals surface area contributed by atoms with Crippen molar-refractivity contribution in [2.45, 2.75) is 18.7 Å². The predicted molar refractivity (Wildman–Crippen MR) is 51.7 cm³/mol. The summed E-state index contributed by atoms with van der Waals surface area (Å²) >= 11 is 1.80. The molecule has 0 spiro atoms. The van der Waals surface area contributed by atoms with Crippen molar-refractivity contribution in [1.29, 1.82) is 0 Å². The van der Waals surface area contributed by atoms with Gasteiger partial charge in [-0.05, 0) is 30.9 Å². The summed E-state index contributed by atoms with van der Waals surface area (Å²) in [5, 5.41) is 0. The van der Waals surface area contributed by atoms with Crippen molar-refractivity contribution >= 4 is 11.8 Å². The van der Waals surface area contributed by atoms with Crippen molar-refractivity contribution in [3.63, 3.8) is 0 Å². The van der Waals surface area contributed by atoms with E-state index in [2.05, 4.69) is 44.2 Å². The minimum Gasteiger partial charge on any atom is -0.0952 e. The van der Waals surface area contributed by atoms with E-state index in [1.54, 1.807) is 11.8 Å². The van der Waals surface area contributed by atoms with Crippen LogP contribution < -0.4 is 0 Å². The lowest BCUT2D eigenvalue weighted by molar-refractivity contribution is 1.46. The second-order valence-electron chi connectivity index (χ2n) is 2.31. The van der Waals surface area contributed by atoms with Crippen LogP contribution in [0.15, 0.2) is 46.2 Å². The molecule has 0 aromatic heterocycles. The average molecular weight is 164 g/mol. The number of hydrogen-bond donors (Lipinski definition) is 0. The molecule has 0 aliphatic heterocycles. The van der Waals surface area contributed by atoms with E-state index in [1.165, 1.54) is 9.80 Å². The average Bonchev–Trinajstić information content (AvgIpc) is 2.06. The Bertz CT molecular complexity index is 236. The molecule has 0 atom stereocenters. The zero-order valence-corrected chi connectivity index (χ0v) is 7.69. The Balaban J connectivity index is 2.65. The molecule has 0 amide bonds. The topological polar surface area (TPSA) is 0 Å². The Morgan fingerprint density at radius 2 is 1.91 bits per heavy atom. The first-order chi connectivity index (χ1) is 5.33. The molecule has 0 nitrogen and oxygen atoms in total. The quantitative estimate of drug-likeness (QED) is 0.600. The summed E-state index contributed by atoms with van der Waals surface area (Å²) in [6.45, 7) is 4.18. The van der Waals surface area contributed by atoms with Gasteiger partial charge in [0.15, 0.2) is 0 Å². The van der Waals surface area contributed by atoms with Crippen LogP contribution in [0.5, 0.6) is 0 Å². The van der Waals surface area contributed by atoms with E-state index in [9.17, 15) is 0 Å². The van der Waals surface area contributed by atoms with E-state index in [1.807, 2.05) is 6.07 Å². The Hall–Kier alpha value is -0.690. The molecule has 0 unspecified atom stereocenters. The standard InChI is InChI=1S/C10H12S/c1-3-9(2)11-10-7-5-4-6-8-10/h3-8H,1-2H3/b9-3+. The first kappa shape index (κ1) is 8.41. The van der Waals surface area contributed by atoms with Crippen molar-refractivity contribution in [3.05, 3.63) is 41.3 Å². The lowest BCUT2D eigenvalue weighted by Gasteiger charge is -1.98. The molecule has 0 bridgehead atoms. The maximum absolute atomic E-state index is 2.12. The second kappa shape index (κ2) is 4.24. The van der Waals surface area contributed by atoms with E-state index in [-0.39, 0.29) is 0 Å². The number of thioether (sulfide) groups is 1. The number of hydrogen-bond acceptors (Lipinski definition) is 1. The normalized spacial score (nSPS) is 11.6. The lowest BCUT2D eigenvalue weighted by atomic mass is 10.4. The van der Waals surface area contributed by atoms with Gasteiger partial charge in [0.25, 0.3) is 0 Å². The monoisotopic (exact) mass is 164 g/mol. The third-order valence-corrected chi connectivity index (χ3v) is 2.49. The van der Waals surface area contributed by atoms with Gasteiger partial charge in [0, 0.05) is 4.90 Å². The molecule has 1 rings (SSSR count). The Morgan fingerprint density at radius 3 is 2.45 bits per heavy atom. The minimum atomic E-state index is 1.31. The highest BCUT2D eigenvalue weighted by Crippen LogP contribution is 2.24. The van der Waals surface area contributed by atoms with Gasteiger partial charge in [0.05, 0.1) is 0 Å². The highest BCUT2D eigenvalue weighted by atomic mass is 32.2. The molecule has 0 aliphatic rings. The maximum atomic E-state index is 2.12. The summed E-state index contributed by atoms with van der Waals surface area (Å²) in [6, 6.07) is 10.4. The van der Waals surface area contributed by atoms with Crippen LogP contribution in [0.25, 0.3) is 0 Å². The molecule has 1 aromatic rings. The summed E-state index contributed by atoms with van der Waals surface area (Å²) < 4.78 is 0. The van der Waals surface area contributed by atoms with Crippen LogP contribution in [0, 0.1) is 0 Å². The smallest absolute Gasteiger partial charge is 0.0118 e. The van der Waals surface area contributed by atoms with Crippen LogP contribution in [-0.2, 0) is 0 Å². The van der Waals surface area contributed by atoms with Gasteiger partial charge in [-0.25, -0.2) is 0 Å². The van der Waals surface area contributed by atoms with Gasteiger partial charge in [-0.2, -0.15) is 0 Å². The van der Waals surface area contributed by atoms with E-state index in [0.717, 1.165) is 0 Å². The molecule has 0 heterocycles. The highest BCUT2D eigenvalue weighted by molar-refractivity contribution is 8.03. The van der Waals surface area contributed by atoms with Crippen LogP contribution in [0.4, 0.5) is 0 Å². The Morgan fingerprint density at radius 1 is 1.27 bits per heavy atom. The number of allylic oxidation sites excluding steroid dienone is 2. The zero-order chi connectivity index (χ0) is 8.10. The molecule has 11 heavy (non-hydrogen) atoms. The SMILES string of the molecule is C/C=C(\C)Sc1ccccc1. The molecular formula is C10H12S. The maximum Gasteiger partial charge on any atom is 0.0118 e. The predicted octanol–water partition coefficient (Wildman–Crippen LogP) is 3.70. The van der Waals surface area contributed by atoms with Crippen molar-refractivity contribution in [1.82, 2.24) is 0 Å². The van der Waals surface area contributed by atoms with Crippen molar-refractivity contribution in [2.24, 2.45) is 0 Å². The number of benzene rings is 1. The molecule has 0 N–H and O–H groups in total. The first-order valence-electron chi connectivity index (χ1n) is 3.68. The molecule has 0 radical (unpaired) electrons. The molecule has 0 saturated carbocycles. The summed E-state index contributed by atoms with van der Waals surface area (Å²) in [6.07, 6.45) is 2.12. The van der Waals surface area contributed by atoms with Crippen LogP contribution in [0.3, 0.4) is 0 Å². The highest BCUT2D eigenvalue weighted by Gasteiger charge is 1.91. The molecule has 0 saturated heterocycles. The van der Waals surface area contributed by atoms with Gasteiger partial charge < -0.3 is 0 Å². The third-order valence-electron chi connectivity index (χ3n) is 1.43. The lowest BCUT2D eigenvalue weighted by Crippen LogP contribution is -1.69. The minimum absolute atomic E-state index is 1.31. The largest absolute Gasteiger partial charge is 0.0952 e. The van der Waals surface area contributed by atoms with Crippen LogP contribution in [-0.4, -0.2) is 0 Å². The molecule has 1 aromatic carbocycles. The van der Waals surface area contributed by atoms with Crippen LogP contribution in [0.1, 0.15) is 13.8 Å². The van der Waals surface area contributed by atoms with Crippen molar-refractivity contribution in [3.8, 4) is 0 Å². The Kier molecular flexibility index (Phi) is 3.24. The van der Waals surface area contributed by atoms with Gasteiger partial charge in [0.2, 0.25) is 0 Å². The summed E-state index contributed by atoms with van der Waals surface area (Å²) in [5.41, 5.74) is 0. The fraction of sp³-hybridized carbons (Fsp3) is 0.200. The van der Waals surface area contributed by atoms with E-state index >= 15 is 0 Å². The summed E-state index contributed by atoms with van der Waals surface area (Å²) in [7, 11) is 0. The fourth-order valence-electron chi connectivity index (χ4n) is 0.733. The van der Waals surface area contributed by atoms with Crippen LogP contribution in [0.2, 0.25) is 0 Å². The summed E-state index contributed by atoms with van der Waals surface area (Å²) in [4.78, 5) is 2.65. The molecule has 1 heteroatoms. The van der Waals surface area contributed by atoms with Crippen molar-refractivity contribution < 1.29 is 0 Å². The fourth-order valence-corrected chi connectivity index (χ4v) is 1.52. The van der Waals surface area contributed by atoms with Crippen LogP contribution >= 0.6 is 11.8 Å². The Labute approximate surface area is 72.3 Å². The molecule has 58 valence electrons. The van der Waals surface area contributed by atoms with Gasteiger partial charge in [-0.3, -0.25) is 0 Å². The molecule has 0 fully saturated rings. The number of rotatable bonds is 2. The summed E-state index contributed by atoms with van der Waals surface area (Å²) in [5.74, 6) is 0. The van der Waals surface area contributed by atoms with Gasteiger partial charge in [-0.1, -0.05) is 36.0 Å². The van der Waals surface area contributed by atoms with E-state index < -0.39 is 0 Å². The van der Waals surface area contributed by atoms with E-state index in [4.69, 9.17) is 0 Å². The molecular weight excluding hydrogens is 152 g/mol. The zero-order valence-electron chi connectivity index (χ0n) is 6.87.